The number of thioether (sulfide) groups is 1. The zero-order chi connectivity index (χ0) is 18.7. The first kappa shape index (κ1) is 16.7. The Morgan fingerprint density at radius 2 is 2.07 bits per heavy atom. The van der Waals surface area contributed by atoms with Crippen molar-refractivity contribution in [2.75, 3.05) is 11.9 Å². The number of benzene rings is 1. The second kappa shape index (κ2) is 6.04. The molecule has 6 heteroatoms. The van der Waals surface area contributed by atoms with Gasteiger partial charge in [0.15, 0.2) is 5.01 Å². The van der Waals surface area contributed by atoms with E-state index in [-0.39, 0.29) is 0 Å². The van der Waals surface area contributed by atoms with Gasteiger partial charge in [-0.15, -0.1) is 0 Å². The summed E-state index contributed by atoms with van der Waals surface area (Å²) in [6, 6.07) is 10.4. The second-order valence-electron chi connectivity index (χ2n) is 6.86. The van der Waals surface area contributed by atoms with Crippen LogP contribution >= 0.6 is 23.1 Å². The van der Waals surface area contributed by atoms with Gasteiger partial charge in [-0.2, -0.15) is 0 Å². The topological polar surface area (TPSA) is 36.1 Å². The molecule has 0 fully saturated rings. The van der Waals surface area contributed by atoms with Gasteiger partial charge in [0.1, 0.15) is 16.2 Å². The third-order valence-electron chi connectivity index (χ3n) is 5.21. The van der Waals surface area contributed by atoms with Crippen LogP contribution in [0, 0.1) is 13.8 Å². The molecule has 0 saturated heterocycles. The number of aromatic nitrogens is 2. The molecular formula is C21H20N3OS2+. The van der Waals surface area contributed by atoms with E-state index in [0.717, 1.165) is 11.3 Å². The SMILES string of the molecule is Cc1[nH]c2c(sc(/C=C3\Sc4ccc(-c5ccco5)cc4N3C)[n+]2C)c1C. The average Bonchev–Trinajstić information content (AvgIpc) is 3.41. The molecule has 4 aromatic rings. The average molecular weight is 395 g/mol. The Morgan fingerprint density at radius 1 is 1.22 bits per heavy atom. The number of H-pyrrole nitrogens is 1. The molecule has 0 saturated carbocycles. The maximum atomic E-state index is 5.55. The van der Waals surface area contributed by atoms with Crippen molar-refractivity contribution in [3.63, 3.8) is 0 Å². The molecule has 0 atom stereocenters. The molecule has 5 rings (SSSR count). The lowest BCUT2D eigenvalue weighted by Crippen LogP contribution is -2.29. The number of furan rings is 1. The van der Waals surface area contributed by atoms with Crippen molar-refractivity contribution < 1.29 is 8.98 Å². The summed E-state index contributed by atoms with van der Waals surface area (Å²) in [7, 11) is 4.26. The highest BCUT2D eigenvalue weighted by molar-refractivity contribution is 8.03. The normalized spacial score (nSPS) is 15.3. The number of fused-ring (bicyclic) bond motifs is 2. The number of thiazole rings is 1. The molecule has 4 heterocycles. The molecule has 27 heavy (non-hydrogen) atoms. The van der Waals surface area contributed by atoms with E-state index in [4.69, 9.17) is 4.42 Å². The number of anilines is 1. The van der Waals surface area contributed by atoms with Crippen LogP contribution in [0.4, 0.5) is 5.69 Å². The minimum absolute atomic E-state index is 0.901. The van der Waals surface area contributed by atoms with Crippen molar-refractivity contribution in [3.05, 3.63) is 57.9 Å². The van der Waals surface area contributed by atoms with Crippen LogP contribution in [0.25, 0.3) is 27.7 Å². The lowest BCUT2D eigenvalue weighted by Gasteiger charge is -2.13. The van der Waals surface area contributed by atoms with Crippen molar-refractivity contribution in [1.29, 1.82) is 0 Å². The molecule has 0 bridgehead atoms. The van der Waals surface area contributed by atoms with Gasteiger partial charge in [0.2, 0.25) is 0 Å². The Hall–Kier alpha value is -2.44. The predicted octanol–water partition coefficient (Wildman–Crippen LogP) is 5.47. The first-order chi connectivity index (χ1) is 13.0. The van der Waals surface area contributed by atoms with Crippen molar-refractivity contribution >= 4 is 45.2 Å². The fourth-order valence-corrected chi connectivity index (χ4v) is 5.78. The number of nitrogens with one attached hydrogen (secondary N) is 1. The summed E-state index contributed by atoms with van der Waals surface area (Å²) in [6.45, 7) is 4.32. The van der Waals surface area contributed by atoms with Gasteiger partial charge < -0.3 is 9.32 Å². The molecule has 0 amide bonds. The lowest BCUT2D eigenvalue weighted by molar-refractivity contribution is -0.644. The molecule has 0 spiro atoms. The van der Waals surface area contributed by atoms with Crippen LogP contribution in [-0.4, -0.2) is 12.0 Å². The van der Waals surface area contributed by atoms with Crippen LogP contribution in [0.2, 0.25) is 0 Å². The van der Waals surface area contributed by atoms with Gasteiger partial charge in [-0.25, -0.2) is 9.55 Å². The van der Waals surface area contributed by atoms with E-state index in [1.54, 1.807) is 6.26 Å². The van der Waals surface area contributed by atoms with Crippen molar-refractivity contribution in [3.8, 4) is 11.3 Å². The summed E-state index contributed by atoms with van der Waals surface area (Å²) in [5.74, 6) is 0.901. The van der Waals surface area contributed by atoms with E-state index in [9.17, 15) is 0 Å². The summed E-state index contributed by atoms with van der Waals surface area (Å²) in [5.41, 5.74) is 6.11. The second-order valence-corrected chi connectivity index (χ2v) is 8.95. The highest BCUT2D eigenvalue weighted by atomic mass is 32.2. The highest BCUT2D eigenvalue weighted by Crippen LogP contribution is 2.47. The molecule has 0 aliphatic carbocycles. The summed E-state index contributed by atoms with van der Waals surface area (Å²) >= 11 is 3.65. The standard InChI is InChI=1S/C21H20N3OS2/c1-12-13(2)22-21-20(12)27-19(24(21)4)11-18-23(3)15-10-14(7-8-17(15)26-18)16-6-5-9-25-16/h5-11,22H,1-4H3/q+1. The monoisotopic (exact) mass is 394 g/mol. The van der Waals surface area contributed by atoms with Gasteiger partial charge in [0.05, 0.1) is 24.0 Å². The van der Waals surface area contributed by atoms with Gasteiger partial charge in [-0.1, -0.05) is 23.1 Å². The van der Waals surface area contributed by atoms with Gasteiger partial charge >= 0.3 is 0 Å². The lowest BCUT2D eigenvalue weighted by atomic mass is 10.1. The molecule has 4 nitrogen and oxygen atoms in total. The van der Waals surface area contributed by atoms with Crippen LogP contribution in [0.15, 0.2) is 50.9 Å². The third-order valence-corrected chi connectivity index (χ3v) is 7.69. The third kappa shape index (κ3) is 2.55. The molecule has 0 radical (unpaired) electrons. The number of nitrogens with zero attached hydrogens (tertiary/aromatic N) is 2. The van der Waals surface area contributed by atoms with Crippen molar-refractivity contribution in [1.82, 2.24) is 4.98 Å². The number of hydrogen-bond acceptors (Lipinski definition) is 4. The maximum absolute atomic E-state index is 5.55. The summed E-state index contributed by atoms with van der Waals surface area (Å²) < 4.78 is 9.14. The summed E-state index contributed by atoms with van der Waals surface area (Å²) in [5, 5.41) is 2.48. The van der Waals surface area contributed by atoms with E-state index in [1.165, 1.54) is 42.2 Å². The fourth-order valence-electron chi connectivity index (χ4n) is 3.44. The Morgan fingerprint density at radius 3 is 2.81 bits per heavy atom. The van der Waals surface area contributed by atoms with Crippen molar-refractivity contribution in [2.45, 2.75) is 18.7 Å². The first-order valence-electron chi connectivity index (χ1n) is 8.82. The minimum atomic E-state index is 0.901. The van der Waals surface area contributed by atoms with Gasteiger partial charge in [0, 0.05) is 29.1 Å². The smallest absolute Gasteiger partial charge is 0.298 e. The number of aromatic amines is 1. The Labute approximate surface area is 166 Å². The molecule has 1 aromatic carbocycles. The highest BCUT2D eigenvalue weighted by Gasteiger charge is 2.25. The van der Waals surface area contributed by atoms with E-state index in [2.05, 4.69) is 66.7 Å². The molecule has 1 N–H and O–H groups in total. The van der Waals surface area contributed by atoms with Crippen LogP contribution in [0.1, 0.15) is 16.3 Å². The van der Waals surface area contributed by atoms with Crippen LogP contribution < -0.4 is 9.47 Å². The van der Waals surface area contributed by atoms with Gasteiger partial charge in [0.25, 0.3) is 5.65 Å². The number of rotatable bonds is 2. The maximum Gasteiger partial charge on any atom is 0.298 e. The summed E-state index contributed by atoms with van der Waals surface area (Å²) in [6.07, 6.45) is 4.00. The predicted molar refractivity (Wildman–Crippen MR) is 113 cm³/mol. The van der Waals surface area contributed by atoms with E-state index >= 15 is 0 Å². The fraction of sp³-hybridized carbons (Fsp3) is 0.190. The molecule has 1 aliphatic heterocycles. The molecule has 1 aliphatic rings. The number of hydrogen-bond donors (Lipinski definition) is 1. The first-order valence-corrected chi connectivity index (χ1v) is 10.4. The Kier molecular flexibility index (Phi) is 3.74. The Bertz CT molecular complexity index is 1200. The van der Waals surface area contributed by atoms with Gasteiger partial charge in [-0.05, 0) is 44.2 Å². The molecule has 136 valence electrons. The van der Waals surface area contributed by atoms with E-state index < -0.39 is 0 Å². The summed E-state index contributed by atoms with van der Waals surface area (Å²) in [4.78, 5) is 7.04. The van der Waals surface area contributed by atoms with Crippen LogP contribution in [-0.2, 0) is 7.05 Å². The number of aryl methyl sites for hydroxylation is 3. The quantitative estimate of drug-likeness (QED) is 0.458. The van der Waals surface area contributed by atoms with E-state index in [1.807, 2.05) is 35.2 Å². The molecule has 3 aromatic heterocycles. The zero-order valence-electron chi connectivity index (χ0n) is 15.7. The van der Waals surface area contributed by atoms with Crippen molar-refractivity contribution in [2.24, 2.45) is 7.05 Å². The minimum Gasteiger partial charge on any atom is -0.464 e. The molecular weight excluding hydrogens is 374 g/mol. The van der Waals surface area contributed by atoms with E-state index in [0.29, 0.717) is 0 Å². The zero-order valence-corrected chi connectivity index (χ0v) is 17.3. The van der Waals surface area contributed by atoms with Gasteiger partial charge in [-0.3, -0.25) is 0 Å². The largest absolute Gasteiger partial charge is 0.464 e. The molecule has 0 unspecified atom stereocenters. The van der Waals surface area contributed by atoms with Crippen LogP contribution in [0.3, 0.4) is 0 Å². The van der Waals surface area contributed by atoms with Crippen LogP contribution in [0.5, 0.6) is 0 Å². The Balaban J connectivity index is 1.54.